The van der Waals surface area contributed by atoms with Gasteiger partial charge in [-0.15, -0.1) is 5.10 Å². The van der Waals surface area contributed by atoms with Gasteiger partial charge in [0.2, 0.25) is 0 Å². The summed E-state index contributed by atoms with van der Waals surface area (Å²) >= 11 is 0. The van der Waals surface area contributed by atoms with E-state index in [1.807, 2.05) is 39.9 Å². The quantitative estimate of drug-likeness (QED) is 0.333. The van der Waals surface area contributed by atoms with Crippen LogP contribution in [0.3, 0.4) is 0 Å². The smallest absolute Gasteiger partial charge is 0.174 e. The van der Waals surface area contributed by atoms with E-state index in [0.29, 0.717) is 11.4 Å². The molecule has 0 aliphatic carbocycles. The van der Waals surface area contributed by atoms with Crippen molar-refractivity contribution in [2.45, 2.75) is 26.7 Å². The summed E-state index contributed by atoms with van der Waals surface area (Å²) in [5.74, 6) is 0.740. The molecule has 3 N–H and O–H groups in total. The highest BCUT2D eigenvalue weighted by molar-refractivity contribution is 6.02. The molecular formula is C14H26N6O. The van der Waals surface area contributed by atoms with Gasteiger partial charge < -0.3 is 20.7 Å². The molecule has 1 aromatic rings. The zero-order valence-corrected chi connectivity index (χ0v) is 13.6. The Balaban J connectivity index is 3.31. The molecule has 0 unspecified atom stereocenters. The van der Waals surface area contributed by atoms with Crippen molar-refractivity contribution >= 4 is 11.7 Å². The number of amidine groups is 1. The molecule has 0 saturated carbocycles. The Hall–Kier alpha value is -1.89. The lowest BCUT2D eigenvalue weighted by molar-refractivity contribution is 0.318. The number of aryl methyl sites for hydroxylation is 1. The fraction of sp³-hybridized carbons (Fsp3) is 0.643. The number of rotatable bonds is 7. The molecule has 0 bridgehead atoms. The van der Waals surface area contributed by atoms with Crippen LogP contribution in [0.4, 0.5) is 5.82 Å². The topological polar surface area (TPSA) is 90.9 Å². The first-order valence-corrected chi connectivity index (χ1v) is 7.18. The van der Waals surface area contributed by atoms with Gasteiger partial charge >= 0.3 is 0 Å². The number of aromatic nitrogens is 2. The number of oxime groups is 1. The van der Waals surface area contributed by atoms with Crippen molar-refractivity contribution in [3.05, 3.63) is 16.8 Å². The molecule has 0 saturated heterocycles. The van der Waals surface area contributed by atoms with Gasteiger partial charge in [0, 0.05) is 20.1 Å². The molecule has 0 aliphatic rings. The van der Waals surface area contributed by atoms with Crippen molar-refractivity contribution in [2.75, 3.05) is 39.1 Å². The summed E-state index contributed by atoms with van der Waals surface area (Å²) in [6.45, 7) is 5.72. The molecule has 7 nitrogen and oxygen atoms in total. The average molecular weight is 294 g/mol. The number of anilines is 1. The van der Waals surface area contributed by atoms with Gasteiger partial charge in [0.15, 0.2) is 11.7 Å². The van der Waals surface area contributed by atoms with E-state index in [0.717, 1.165) is 37.2 Å². The molecule has 0 spiro atoms. The minimum atomic E-state index is 0.0863. The van der Waals surface area contributed by atoms with E-state index in [9.17, 15) is 0 Å². The molecule has 0 radical (unpaired) electrons. The monoisotopic (exact) mass is 294 g/mol. The third-order valence-electron chi connectivity index (χ3n) is 3.44. The first-order valence-electron chi connectivity index (χ1n) is 7.18. The second kappa shape index (κ2) is 7.78. The molecule has 0 aliphatic heterocycles. The van der Waals surface area contributed by atoms with Gasteiger partial charge in [0.1, 0.15) is 0 Å². The molecule has 0 fully saturated rings. The maximum absolute atomic E-state index is 9.08. The average Bonchev–Trinajstić information content (AvgIpc) is 2.49. The van der Waals surface area contributed by atoms with Crippen LogP contribution in [-0.2, 0) is 12.8 Å². The Bertz CT molecular complexity index is 500. The molecule has 0 atom stereocenters. The lowest BCUT2D eigenvalue weighted by Gasteiger charge is -2.24. The van der Waals surface area contributed by atoms with Crippen LogP contribution in [0.25, 0.3) is 0 Å². The van der Waals surface area contributed by atoms with Crippen LogP contribution in [0.5, 0.6) is 0 Å². The third kappa shape index (κ3) is 4.04. The Morgan fingerprint density at radius 2 is 1.81 bits per heavy atom. The lowest BCUT2D eigenvalue weighted by atomic mass is 10.0. The van der Waals surface area contributed by atoms with Crippen molar-refractivity contribution in [2.24, 2.45) is 10.9 Å². The van der Waals surface area contributed by atoms with Gasteiger partial charge in [-0.2, -0.15) is 5.10 Å². The van der Waals surface area contributed by atoms with Crippen LogP contribution in [0, 0.1) is 0 Å². The summed E-state index contributed by atoms with van der Waals surface area (Å²) in [6.07, 6.45) is 1.53. The summed E-state index contributed by atoms with van der Waals surface area (Å²) in [5, 5.41) is 20.8. The molecule has 1 rings (SSSR count). The van der Waals surface area contributed by atoms with E-state index in [4.69, 9.17) is 10.9 Å². The van der Waals surface area contributed by atoms with Gasteiger partial charge in [-0.05, 0) is 32.5 Å². The molecule has 0 aromatic carbocycles. The summed E-state index contributed by atoms with van der Waals surface area (Å²) in [7, 11) is 5.97. The molecule has 1 heterocycles. The number of nitrogens with zero attached hydrogens (tertiary/aromatic N) is 5. The molecular weight excluding hydrogens is 268 g/mol. The normalized spacial score (nSPS) is 12.0. The van der Waals surface area contributed by atoms with E-state index in [1.165, 1.54) is 0 Å². The zero-order chi connectivity index (χ0) is 16.0. The fourth-order valence-electron chi connectivity index (χ4n) is 2.20. The largest absolute Gasteiger partial charge is 0.409 e. The Labute approximate surface area is 126 Å². The van der Waals surface area contributed by atoms with Crippen LogP contribution in [0.1, 0.15) is 30.7 Å². The molecule has 0 amide bonds. The van der Waals surface area contributed by atoms with E-state index < -0.39 is 0 Å². The van der Waals surface area contributed by atoms with Gasteiger partial charge in [0.25, 0.3) is 0 Å². The van der Waals surface area contributed by atoms with E-state index in [2.05, 4.69) is 20.3 Å². The first-order chi connectivity index (χ1) is 9.96. The van der Waals surface area contributed by atoms with Crippen molar-refractivity contribution in [1.29, 1.82) is 0 Å². The minimum Gasteiger partial charge on any atom is -0.409 e. The van der Waals surface area contributed by atoms with E-state index in [1.54, 1.807) is 0 Å². The Kier molecular flexibility index (Phi) is 6.36. The van der Waals surface area contributed by atoms with Gasteiger partial charge in [-0.25, -0.2) is 0 Å². The second-order valence-corrected chi connectivity index (χ2v) is 5.24. The summed E-state index contributed by atoms with van der Waals surface area (Å²) in [5.41, 5.74) is 8.46. The Morgan fingerprint density at radius 1 is 1.14 bits per heavy atom. The van der Waals surface area contributed by atoms with E-state index in [-0.39, 0.29) is 5.84 Å². The van der Waals surface area contributed by atoms with Crippen molar-refractivity contribution < 1.29 is 5.21 Å². The standard InChI is InChI=1S/C14H26N6O/c1-6-10-11(7-2)16-17-14(12(10)13(15)18-21)20(5)9-8-19(3)4/h21H,6-9H2,1-5H3,(H2,15,18). The van der Waals surface area contributed by atoms with Crippen LogP contribution < -0.4 is 10.6 Å². The number of nitrogens with two attached hydrogens (primary N) is 1. The first kappa shape index (κ1) is 17.2. The van der Waals surface area contributed by atoms with Crippen LogP contribution in [-0.4, -0.2) is 60.4 Å². The van der Waals surface area contributed by atoms with Crippen LogP contribution in [0.2, 0.25) is 0 Å². The van der Waals surface area contributed by atoms with Gasteiger partial charge in [-0.3, -0.25) is 0 Å². The van der Waals surface area contributed by atoms with Crippen LogP contribution in [0.15, 0.2) is 5.16 Å². The molecule has 7 heteroatoms. The van der Waals surface area contributed by atoms with Crippen molar-refractivity contribution in [3.63, 3.8) is 0 Å². The number of hydrogen-bond acceptors (Lipinski definition) is 6. The van der Waals surface area contributed by atoms with Crippen molar-refractivity contribution in [1.82, 2.24) is 15.1 Å². The minimum absolute atomic E-state index is 0.0863. The number of likely N-dealkylation sites (N-methyl/N-ethyl adjacent to an activating group) is 2. The summed E-state index contributed by atoms with van der Waals surface area (Å²) < 4.78 is 0. The van der Waals surface area contributed by atoms with Gasteiger partial charge in [0.05, 0.1) is 11.3 Å². The number of hydrogen-bond donors (Lipinski definition) is 2. The predicted molar refractivity (Wildman–Crippen MR) is 85.1 cm³/mol. The van der Waals surface area contributed by atoms with Gasteiger partial charge in [-0.1, -0.05) is 19.0 Å². The maximum Gasteiger partial charge on any atom is 0.174 e. The molecule has 21 heavy (non-hydrogen) atoms. The second-order valence-electron chi connectivity index (χ2n) is 5.24. The SMILES string of the molecule is CCc1nnc(N(C)CCN(C)C)c(C(N)=NO)c1CC. The maximum atomic E-state index is 9.08. The van der Waals surface area contributed by atoms with E-state index >= 15 is 0 Å². The molecule has 1 aromatic heterocycles. The highest BCUT2D eigenvalue weighted by Gasteiger charge is 2.20. The highest BCUT2D eigenvalue weighted by atomic mass is 16.4. The zero-order valence-electron chi connectivity index (χ0n) is 13.6. The molecule has 118 valence electrons. The Morgan fingerprint density at radius 3 is 2.29 bits per heavy atom. The van der Waals surface area contributed by atoms with Crippen LogP contribution >= 0.6 is 0 Å². The summed E-state index contributed by atoms with van der Waals surface area (Å²) in [6, 6.07) is 0. The third-order valence-corrected chi connectivity index (χ3v) is 3.44. The lowest BCUT2D eigenvalue weighted by Crippen LogP contribution is -2.32. The summed E-state index contributed by atoms with van der Waals surface area (Å²) in [4.78, 5) is 4.08. The predicted octanol–water partition coefficient (Wildman–Crippen LogP) is 0.694. The van der Waals surface area contributed by atoms with Crippen molar-refractivity contribution in [3.8, 4) is 0 Å². The fourth-order valence-corrected chi connectivity index (χ4v) is 2.20. The highest BCUT2D eigenvalue weighted by Crippen LogP contribution is 2.23.